The van der Waals surface area contributed by atoms with Crippen LogP contribution in [-0.4, -0.2) is 58.2 Å². The van der Waals surface area contributed by atoms with E-state index in [1.807, 2.05) is 56.3 Å². The third-order valence-corrected chi connectivity index (χ3v) is 6.02. The van der Waals surface area contributed by atoms with E-state index in [0.717, 1.165) is 27.7 Å². The smallest absolute Gasteiger partial charge is 0.410 e. The molecule has 1 aromatic heterocycles. The fraction of sp³-hybridized carbons (Fsp3) is 0.400. The van der Waals surface area contributed by atoms with E-state index in [2.05, 4.69) is 4.98 Å². The molecular formula is C25H29ClN2O5. The van der Waals surface area contributed by atoms with Gasteiger partial charge in [0.2, 0.25) is 0 Å². The van der Waals surface area contributed by atoms with Gasteiger partial charge in [-0.1, -0.05) is 23.7 Å². The van der Waals surface area contributed by atoms with Crippen LogP contribution in [0.5, 0.6) is 5.75 Å². The van der Waals surface area contributed by atoms with Crippen molar-refractivity contribution >= 4 is 28.6 Å². The van der Waals surface area contributed by atoms with Gasteiger partial charge in [0.25, 0.3) is 0 Å². The average molecular weight is 473 g/mol. The molecule has 2 aromatic carbocycles. The summed E-state index contributed by atoms with van der Waals surface area (Å²) in [7, 11) is 0. The normalized spacial score (nSPS) is 16.7. The Bertz CT molecular complexity index is 1110. The molecule has 1 aliphatic rings. The molecule has 0 saturated heterocycles. The molecule has 176 valence electrons. The lowest BCUT2D eigenvalue weighted by Crippen LogP contribution is -2.41. The summed E-state index contributed by atoms with van der Waals surface area (Å²) in [4.78, 5) is 18.2. The summed E-state index contributed by atoms with van der Waals surface area (Å²) < 4.78 is 11.2. The zero-order valence-electron chi connectivity index (χ0n) is 18.8. The lowest BCUT2D eigenvalue weighted by molar-refractivity contribution is 0.0655. The molecule has 3 N–H and O–H groups in total. The molecule has 0 bridgehead atoms. The Morgan fingerprint density at radius 2 is 2.00 bits per heavy atom. The first-order valence-corrected chi connectivity index (χ1v) is 11.5. The summed E-state index contributed by atoms with van der Waals surface area (Å²) in [5.74, 6) is 0.652. The Balaban J connectivity index is 1.66. The predicted octanol–water partition coefficient (Wildman–Crippen LogP) is 4.44. The van der Waals surface area contributed by atoms with Gasteiger partial charge in [-0.2, -0.15) is 0 Å². The van der Waals surface area contributed by atoms with Gasteiger partial charge < -0.3 is 24.7 Å². The number of amides is 1. The molecule has 2 atom stereocenters. The first-order chi connectivity index (χ1) is 15.9. The van der Waals surface area contributed by atoms with Crippen molar-refractivity contribution in [2.75, 3.05) is 19.8 Å². The van der Waals surface area contributed by atoms with Crippen molar-refractivity contribution in [1.82, 2.24) is 9.88 Å². The SMILES string of the molecule is CC(C)OC(=O)N1CCc2c([nH]c3ccc(Cl)cc23)[C@@H]1c1ccc(OCC[C@H](O)CO)cc1. The number of nitrogens with zero attached hydrogens (tertiary/aromatic N) is 1. The summed E-state index contributed by atoms with van der Waals surface area (Å²) in [6.07, 6.45) is -0.313. The topological polar surface area (TPSA) is 95.0 Å². The third-order valence-electron chi connectivity index (χ3n) is 5.79. The number of ether oxygens (including phenoxy) is 2. The minimum Gasteiger partial charge on any atom is -0.493 e. The van der Waals surface area contributed by atoms with Crippen molar-refractivity contribution in [2.45, 2.75) is 44.9 Å². The van der Waals surface area contributed by atoms with Gasteiger partial charge in [0.1, 0.15) is 11.8 Å². The molecule has 0 spiro atoms. The Morgan fingerprint density at radius 1 is 1.24 bits per heavy atom. The number of aromatic amines is 1. The lowest BCUT2D eigenvalue weighted by atomic mass is 9.92. The molecular weight excluding hydrogens is 444 g/mol. The van der Waals surface area contributed by atoms with E-state index in [-0.39, 0.29) is 24.8 Å². The van der Waals surface area contributed by atoms with E-state index in [0.29, 0.717) is 36.8 Å². The number of carbonyl (C=O) groups is 1. The first-order valence-electron chi connectivity index (χ1n) is 11.2. The number of aliphatic hydroxyl groups is 2. The van der Waals surface area contributed by atoms with Crippen molar-refractivity contribution in [3.8, 4) is 5.75 Å². The molecule has 7 nitrogen and oxygen atoms in total. The quantitative estimate of drug-likeness (QED) is 0.472. The van der Waals surface area contributed by atoms with Gasteiger partial charge in [-0.3, -0.25) is 4.90 Å². The maximum Gasteiger partial charge on any atom is 0.410 e. The number of benzene rings is 2. The monoisotopic (exact) mass is 472 g/mol. The van der Waals surface area contributed by atoms with Crippen molar-refractivity contribution in [3.63, 3.8) is 0 Å². The second kappa shape index (κ2) is 10.0. The highest BCUT2D eigenvalue weighted by Crippen LogP contribution is 2.39. The van der Waals surface area contributed by atoms with E-state index in [4.69, 9.17) is 26.2 Å². The second-order valence-electron chi connectivity index (χ2n) is 8.53. The van der Waals surface area contributed by atoms with E-state index < -0.39 is 6.10 Å². The van der Waals surface area contributed by atoms with Crippen LogP contribution >= 0.6 is 11.6 Å². The van der Waals surface area contributed by atoms with Crippen molar-refractivity contribution in [3.05, 3.63) is 64.3 Å². The molecule has 33 heavy (non-hydrogen) atoms. The van der Waals surface area contributed by atoms with E-state index >= 15 is 0 Å². The molecule has 0 aliphatic carbocycles. The highest BCUT2D eigenvalue weighted by molar-refractivity contribution is 6.31. The van der Waals surface area contributed by atoms with Gasteiger partial charge in [0, 0.05) is 34.6 Å². The number of hydrogen-bond acceptors (Lipinski definition) is 5. The predicted molar refractivity (Wildman–Crippen MR) is 127 cm³/mol. The van der Waals surface area contributed by atoms with Crippen LogP contribution in [0.3, 0.4) is 0 Å². The highest BCUT2D eigenvalue weighted by Gasteiger charge is 2.35. The maximum atomic E-state index is 13.0. The van der Waals surface area contributed by atoms with E-state index in [1.54, 1.807) is 4.90 Å². The summed E-state index contributed by atoms with van der Waals surface area (Å²) in [5.41, 5.74) is 4.02. The number of H-pyrrole nitrogens is 1. The molecule has 1 amide bonds. The molecule has 1 aliphatic heterocycles. The fourth-order valence-electron chi connectivity index (χ4n) is 4.22. The summed E-state index contributed by atoms with van der Waals surface area (Å²) in [6.45, 7) is 4.22. The van der Waals surface area contributed by atoms with Gasteiger partial charge >= 0.3 is 6.09 Å². The van der Waals surface area contributed by atoms with Crippen LogP contribution in [0, 0.1) is 0 Å². The summed E-state index contributed by atoms with van der Waals surface area (Å²) in [5, 5.41) is 20.1. The molecule has 3 aromatic rings. The molecule has 8 heteroatoms. The third kappa shape index (κ3) is 5.11. The van der Waals surface area contributed by atoms with E-state index in [1.165, 1.54) is 0 Å². The largest absolute Gasteiger partial charge is 0.493 e. The van der Waals surface area contributed by atoms with Crippen LogP contribution in [0.4, 0.5) is 4.79 Å². The summed E-state index contributed by atoms with van der Waals surface area (Å²) >= 11 is 6.25. The number of carbonyl (C=O) groups excluding carboxylic acids is 1. The average Bonchev–Trinajstić information content (AvgIpc) is 3.16. The minimum atomic E-state index is -0.791. The molecule has 2 heterocycles. The van der Waals surface area contributed by atoms with Crippen molar-refractivity contribution in [2.24, 2.45) is 0 Å². The number of rotatable bonds is 7. The van der Waals surface area contributed by atoms with Crippen LogP contribution < -0.4 is 4.74 Å². The number of aliphatic hydroxyl groups excluding tert-OH is 2. The zero-order chi connectivity index (χ0) is 23.5. The Morgan fingerprint density at radius 3 is 2.70 bits per heavy atom. The standard InChI is InChI=1S/C25H29ClN2O5/c1-15(2)33-25(31)28-11-9-20-21-13-17(26)5-8-22(21)27-23(20)24(28)16-3-6-19(7-4-16)32-12-10-18(30)14-29/h3-8,13,15,18,24,27,29-30H,9-12,14H2,1-2H3/t18-,24-/m0/s1. The van der Waals surface area contributed by atoms with Crippen molar-refractivity contribution in [1.29, 1.82) is 0 Å². The van der Waals surface area contributed by atoms with Crippen LogP contribution in [0.1, 0.15) is 43.1 Å². The van der Waals surface area contributed by atoms with Crippen LogP contribution in [-0.2, 0) is 11.2 Å². The number of aromatic nitrogens is 1. The molecule has 0 radical (unpaired) electrons. The molecule has 0 unspecified atom stereocenters. The van der Waals surface area contributed by atoms with E-state index in [9.17, 15) is 9.90 Å². The van der Waals surface area contributed by atoms with Crippen LogP contribution in [0.25, 0.3) is 10.9 Å². The van der Waals surface area contributed by atoms with Gasteiger partial charge in [-0.15, -0.1) is 0 Å². The Labute approximate surface area is 197 Å². The van der Waals surface area contributed by atoms with Crippen LogP contribution in [0.15, 0.2) is 42.5 Å². The van der Waals surface area contributed by atoms with Gasteiger partial charge in [0.05, 0.1) is 25.4 Å². The zero-order valence-corrected chi connectivity index (χ0v) is 19.5. The molecule has 0 saturated carbocycles. The number of fused-ring (bicyclic) bond motifs is 3. The van der Waals surface area contributed by atoms with Gasteiger partial charge in [-0.05, 0) is 61.7 Å². The van der Waals surface area contributed by atoms with Crippen LogP contribution in [0.2, 0.25) is 5.02 Å². The second-order valence-corrected chi connectivity index (χ2v) is 8.96. The number of halogens is 1. The van der Waals surface area contributed by atoms with Gasteiger partial charge in [0.15, 0.2) is 0 Å². The minimum absolute atomic E-state index is 0.217. The number of hydrogen-bond donors (Lipinski definition) is 3. The molecule has 4 rings (SSSR count). The lowest BCUT2D eigenvalue weighted by Gasteiger charge is -2.36. The highest BCUT2D eigenvalue weighted by atomic mass is 35.5. The fourth-order valence-corrected chi connectivity index (χ4v) is 4.40. The van der Waals surface area contributed by atoms with Crippen molar-refractivity contribution < 1.29 is 24.5 Å². The number of nitrogens with one attached hydrogen (secondary N) is 1. The molecule has 0 fully saturated rings. The maximum absolute atomic E-state index is 13.0. The Kier molecular flexibility index (Phi) is 7.12. The first kappa shape index (κ1) is 23.4. The summed E-state index contributed by atoms with van der Waals surface area (Å²) in [6, 6.07) is 13.0. The van der Waals surface area contributed by atoms with Gasteiger partial charge in [-0.25, -0.2) is 4.79 Å². The Hall–Kier alpha value is -2.74.